The molecule has 3 aromatic rings. The number of H-pyrrole nitrogens is 1. The van der Waals surface area contributed by atoms with E-state index in [9.17, 15) is 0 Å². The van der Waals surface area contributed by atoms with Crippen LogP contribution in [0.2, 0.25) is 0 Å². The number of hydrogen-bond acceptors (Lipinski definition) is 4. The summed E-state index contributed by atoms with van der Waals surface area (Å²) in [6, 6.07) is 15.1. The number of thiophene rings is 1. The molecular weight excluding hydrogens is 354 g/mol. The van der Waals surface area contributed by atoms with Gasteiger partial charge < -0.3 is 4.84 Å². The first kappa shape index (κ1) is 16.5. The predicted octanol–water partition coefficient (Wildman–Crippen LogP) is 4.79. The fourth-order valence-electron chi connectivity index (χ4n) is 4.00. The van der Waals surface area contributed by atoms with E-state index in [0.29, 0.717) is 5.92 Å². The van der Waals surface area contributed by atoms with E-state index in [-0.39, 0.29) is 5.41 Å². The van der Waals surface area contributed by atoms with E-state index in [0.717, 1.165) is 41.9 Å². The SMILES string of the molecule is CON=C(c1n[nH]c2c1C=CC(c1ccccc1)(c1cccs1)C2)C1CC1. The van der Waals surface area contributed by atoms with Gasteiger partial charge in [0.1, 0.15) is 18.5 Å². The van der Waals surface area contributed by atoms with Crippen molar-refractivity contribution in [1.82, 2.24) is 10.2 Å². The lowest BCUT2D eigenvalue weighted by Gasteiger charge is -2.33. The summed E-state index contributed by atoms with van der Waals surface area (Å²) in [5.74, 6) is 0.476. The number of allylic oxidation sites excluding steroid dienone is 1. The number of fused-ring (bicyclic) bond motifs is 1. The number of hydrogen-bond donors (Lipinski definition) is 1. The summed E-state index contributed by atoms with van der Waals surface area (Å²) in [4.78, 5) is 6.45. The highest BCUT2D eigenvalue weighted by atomic mass is 32.1. The van der Waals surface area contributed by atoms with E-state index < -0.39 is 0 Å². The third kappa shape index (κ3) is 2.73. The Morgan fingerprint density at radius 3 is 2.78 bits per heavy atom. The molecule has 5 heteroatoms. The van der Waals surface area contributed by atoms with Crippen LogP contribution in [0, 0.1) is 5.92 Å². The van der Waals surface area contributed by atoms with Crippen molar-refractivity contribution in [2.75, 3.05) is 7.11 Å². The Kier molecular flexibility index (Phi) is 3.97. The van der Waals surface area contributed by atoms with Crippen molar-refractivity contribution in [3.63, 3.8) is 0 Å². The number of oxime groups is 1. The molecule has 1 aromatic carbocycles. The van der Waals surface area contributed by atoms with E-state index in [2.05, 4.69) is 75.3 Å². The summed E-state index contributed by atoms with van der Waals surface area (Å²) < 4.78 is 0. The quantitative estimate of drug-likeness (QED) is 0.515. The Morgan fingerprint density at radius 1 is 1.22 bits per heavy atom. The largest absolute Gasteiger partial charge is 0.399 e. The van der Waals surface area contributed by atoms with Crippen LogP contribution < -0.4 is 0 Å². The average Bonchev–Trinajstić information content (AvgIpc) is 3.24. The van der Waals surface area contributed by atoms with E-state index >= 15 is 0 Å². The van der Waals surface area contributed by atoms with Crippen LogP contribution in [0.15, 0.2) is 59.1 Å². The maximum absolute atomic E-state index is 5.10. The minimum atomic E-state index is -0.162. The van der Waals surface area contributed by atoms with Gasteiger partial charge in [0, 0.05) is 28.5 Å². The number of nitrogens with zero attached hydrogens (tertiary/aromatic N) is 2. The number of aromatic nitrogens is 2. The zero-order valence-corrected chi connectivity index (χ0v) is 16.0. The average molecular weight is 375 g/mol. The van der Waals surface area contributed by atoms with Crippen LogP contribution in [0.4, 0.5) is 0 Å². The predicted molar refractivity (Wildman–Crippen MR) is 109 cm³/mol. The van der Waals surface area contributed by atoms with Gasteiger partial charge >= 0.3 is 0 Å². The first-order valence-corrected chi connectivity index (χ1v) is 10.2. The lowest BCUT2D eigenvalue weighted by Crippen LogP contribution is -2.29. The van der Waals surface area contributed by atoms with Crippen LogP contribution in [0.25, 0.3) is 6.08 Å². The lowest BCUT2D eigenvalue weighted by atomic mass is 9.72. The zero-order chi connectivity index (χ0) is 18.3. The summed E-state index contributed by atoms with van der Waals surface area (Å²) in [5.41, 5.74) is 5.37. The molecule has 2 aliphatic carbocycles. The molecule has 27 heavy (non-hydrogen) atoms. The topological polar surface area (TPSA) is 50.3 Å². The van der Waals surface area contributed by atoms with Crippen LogP contribution in [0.5, 0.6) is 0 Å². The first-order valence-electron chi connectivity index (χ1n) is 9.29. The summed E-state index contributed by atoms with van der Waals surface area (Å²) in [7, 11) is 1.61. The molecule has 1 atom stereocenters. The molecule has 4 nitrogen and oxygen atoms in total. The standard InChI is InChI=1S/C22H21N3OS/c1-26-25-20(15-9-10-15)21-17-11-12-22(14-18(17)23-24-21,19-8-5-13-27-19)16-6-3-2-4-7-16/h2-8,11-13,15H,9-10,14H2,1H3,(H,23,24). The van der Waals surface area contributed by atoms with E-state index in [1.54, 1.807) is 18.4 Å². The molecule has 1 fully saturated rings. The van der Waals surface area contributed by atoms with Crippen molar-refractivity contribution in [3.8, 4) is 0 Å². The van der Waals surface area contributed by atoms with Gasteiger partial charge in [-0.05, 0) is 29.9 Å². The summed E-state index contributed by atoms with van der Waals surface area (Å²) in [5, 5.41) is 14.4. The highest BCUT2D eigenvalue weighted by molar-refractivity contribution is 7.10. The summed E-state index contributed by atoms with van der Waals surface area (Å²) in [6.45, 7) is 0. The molecule has 1 unspecified atom stereocenters. The molecule has 0 radical (unpaired) electrons. The van der Waals surface area contributed by atoms with Gasteiger partial charge in [-0.2, -0.15) is 5.10 Å². The Labute approximate surface area is 162 Å². The molecule has 136 valence electrons. The summed E-state index contributed by atoms with van der Waals surface area (Å²) >= 11 is 1.80. The fraction of sp³-hybridized carbons (Fsp3) is 0.273. The normalized spacial score (nSPS) is 21.9. The van der Waals surface area contributed by atoms with Crippen LogP contribution >= 0.6 is 11.3 Å². The van der Waals surface area contributed by atoms with Gasteiger partial charge in [-0.25, -0.2) is 0 Å². The van der Waals surface area contributed by atoms with Crippen molar-refractivity contribution in [3.05, 3.63) is 81.3 Å². The minimum absolute atomic E-state index is 0.162. The second-order valence-corrected chi connectivity index (χ2v) is 8.17. The van der Waals surface area contributed by atoms with Crippen molar-refractivity contribution >= 4 is 23.1 Å². The van der Waals surface area contributed by atoms with E-state index in [4.69, 9.17) is 4.84 Å². The molecule has 0 spiro atoms. The summed E-state index contributed by atoms with van der Waals surface area (Å²) in [6.07, 6.45) is 7.75. The molecule has 0 amide bonds. The molecule has 0 saturated heterocycles. The number of benzene rings is 1. The number of nitrogens with one attached hydrogen (secondary N) is 1. The van der Waals surface area contributed by atoms with Crippen molar-refractivity contribution in [2.24, 2.45) is 11.1 Å². The van der Waals surface area contributed by atoms with Crippen molar-refractivity contribution in [2.45, 2.75) is 24.7 Å². The van der Waals surface area contributed by atoms with Gasteiger partial charge in [-0.1, -0.05) is 53.7 Å². The Hall–Kier alpha value is -2.66. The maximum Gasteiger partial charge on any atom is 0.117 e. The van der Waals surface area contributed by atoms with Crippen LogP contribution in [-0.4, -0.2) is 23.0 Å². The maximum atomic E-state index is 5.10. The Morgan fingerprint density at radius 2 is 2.07 bits per heavy atom. The molecule has 1 N–H and O–H groups in total. The van der Waals surface area contributed by atoms with Gasteiger partial charge in [-0.3, -0.25) is 5.10 Å². The van der Waals surface area contributed by atoms with E-state index in [1.165, 1.54) is 10.4 Å². The van der Waals surface area contributed by atoms with Gasteiger partial charge in [0.25, 0.3) is 0 Å². The van der Waals surface area contributed by atoms with Gasteiger partial charge in [0.05, 0.1) is 5.41 Å². The third-order valence-electron chi connectivity index (χ3n) is 5.52. The smallest absolute Gasteiger partial charge is 0.117 e. The number of rotatable bonds is 5. The second kappa shape index (κ2) is 6.50. The van der Waals surface area contributed by atoms with Gasteiger partial charge in [-0.15, -0.1) is 11.3 Å². The minimum Gasteiger partial charge on any atom is -0.399 e. The lowest BCUT2D eigenvalue weighted by molar-refractivity contribution is 0.212. The fourth-order valence-corrected chi connectivity index (χ4v) is 4.93. The zero-order valence-electron chi connectivity index (χ0n) is 15.2. The molecular formula is C22H21N3OS. The van der Waals surface area contributed by atoms with Gasteiger partial charge in [0.2, 0.25) is 0 Å². The van der Waals surface area contributed by atoms with Gasteiger partial charge in [0.15, 0.2) is 0 Å². The van der Waals surface area contributed by atoms with Crippen LogP contribution in [0.1, 0.15) is 40.2 Å². The Balaban J connectivity index is 1.61. The van der Waals surface area contributed by atoms with Crippen molar-refractivity contribution in [1.29, 1.82) is 0 Å². The molecule has 5 rings (SSSR count). The first-order chi connectivity index (χ1) is 13.3. The molecule has 0 bridgehead atoms. The van der Waals surface area contributed by atoms with E-state index in [1.807, 2.05) is 0 Å². The molecule has 2 heterocycles. The third-order valence-corrected chi connectivity index (χ3v) is 6.57. The molecule has 1 saturated carbocycles. The highest BCUT2D eigenvalue weighted by Crippen LogP contribution is 2.44. The molecule has 0 aliphatic heterocycles. The van der Waals surface area contributed by atoms with Crippen molar-refractivity contribution < 1.29 is 4.84 Å². The van der Waals surface area contributed by atoms with Crippen LogP contribution in [-0.2, 0) is 16.7 Å². The highest BCUT2D eigenvalue weighted by Gasteiger charge is 2.39. The molecule has 2 aliphatic rings. The second-order valence-electron chi connectivity index (χ2n) is 7.22. The monoisotopic (exact) mass is 375 g/mol. The van der Waals surface area contributed by atoms with Crippen LogP contribution in [0.3, 0.4) is 0 Å². The Bertz CT molecular complexity index is 1000. The number of aromatic amines is 1. The molecule has 2 aromatic heterocycles.